The Morgan fingerprint density at radius 1 is 1.45 bits per heavy atom. The number of amidine groups is 1. The van der Waals surface area contributed by atoms with Gasteiger partial charge in [-0.1, -0.05) is 23.9 Å². The fraction of sp³-hybridized carbons (Fsp3) is 0. The van der Waals surface area contributed by atoms with E-state index in [9.17, 15) is 0 Å². The van der Waals surface area contributed by atoms with Gasteiger partial charge >= 0.3 is 0 Å². The second kappa shape index (κ2) is 3.78. The molecule has 0 bridgehead atoms. The SMILES string of the molecule is N=C(N)Sc1ccccc1Br. The molecule has 0 saturated carbocycles. The Hall–Kier alpha value is -0.480. The molecule has 0 aliphatic heterocycles. The molecular formula is C7H7BrN2S. The summed E-state index contributed by atoms with van der Waals surface area (Å²) in [6.45, 7) is 0. The molecule has 1 aromatic rings. The smallest absolute Gasteiger partial charge is 0.155 e. The van der Waals surface area contributed by atoms with Gasteiger partial charge in [-0.15, -0.1) is 0 Å². The number of thioether (sulfide) groups is 1. The maximum absolute atomic E-state index is 7.05. The number of halogens is 1. The standard InChI is InChI=1S/C7H7BrN2S/c8-5-3-1-2-4-6(5)11-7(9)10/h1-4H,(H3,9,10). The number of hydrogen-bond acceptors (Lipinski definition) is 2. The summed E-state index contributed by atoms with van der Waals surface area (Å²) in [5, 5.41) is 7.16. The van der Waals surface area contributed by atoms with Crippen molar-refractivity contribution in [3.8, 4) is 0 Å². The molecule has 0 saturated heterocycles. The fourth-order valence-electron chi connectivity index (χ4n) is 0.646. The summed E-state index contributed by atoms with van der Waals surface area (Å²) in [4.78, 5) is 0.972. The van der Waals surface area contributed by atoms with Crippen molar-refractivity contribution in [3.05, 3.63) is 28.7 Å². The van der Waals surface area contributed by atoms with E-state index in [-0.39, 0.29) is 5.17 Å². The Kier molecular flexibility index (Phi) is 2.96. The highest BCUT2D eigenvalue weighted by Crippen LogP contribution is 2.26. The lowest BCUT2D eigenvalue weighted by atomic mass is 10.4. The first kappa shape index (κ1) is 8.62. The Labute approximate surface area is 77.8 Å². The summed E-state index contributed by atoms with van der Waals surface area (Å²) in [5.74, 6) is 0. The number of nitrogens with one attached hydrogen (secondary N) is 1. The van der Waals surface area contributed by atoms with Gasteiger partial charge in [-0.25, -0.2) is 0 Å². The minimum atomic E-state index is 0.108. The first-order valence-corrected chi connectivity index (χ1v) is 4.57. The van der Waals surface area contributed by atoms with Gasteiger partial charge in [0, 0.05) is 9.37 Å². The topological polar surface area (TPSA) is 49.9 Å². The van der Waals surface area contributed by atoms with Crippen molar-refractivity contribution in [2.45, 2.75) is 4.90 Å². The lowest BCUT2D eigenvalue weighted by Gasteiger charge is -1.99. The molecule has 1 aromatic carbocycles. The van der Waals surface area contributed by atoms with E-state index in [2.05, 4.69) is 15.9 Å². The third-order valence-corrected chi connectivity index (χ3v) is 2.81. The number of benzene rings is 1. The van der Waals surface area contributed by atoms with Crippen LogP contribution in [0.3, 0.4) is 0 Å². The molecule has 58 valence electrons. The van der Waals surface area contributed by atoms with Crippen molar-refractivity contribution in [1.82, 2.24) is 0 Å². The molecule has 4 heteroatoms. The summed E-state index contributed by atoms with van der Waals surface area (Å²) in [5.41, 5.74) is 5.22. The van der Waals surface area contributed by atoms with Gasteiger partial charge in [0.05, 0.1) is 0 Å². The zero-order chi connectivity index (χ0) is 8.27. The molecular weight excluding hydrogens is 224 g/mol. The molecule has 0 radical (unpaired) electrons. The van der Waals surface area contributed by atoms with Crippen molar-refractivity contribution in [3.63, 3.8) is 0 Å². The van der Waals surface area contributed by atoms with Gasteiger partial charge in [0.25, 0.3) is 0 Å². The second-order valence-electron chi connectivity index (χ2n) is 1.90. The first-order valence-electron chi connectivity index (χ1n) is 2.96. The zero-order valence-electron chi connectivity index (χ0n) is 5.67. The van der Waals surface area contributed by atoms with Crippen LogP contribution in [-0.2, 0) is 0 Å². The number of nitrogens with two attached hydrogens (primary N) is 1. The van der Waals surface area contributed by atoms with Crippen molar-refractivity contribution in [1.29, 1.82) is 5.41 Å². The minimum Gasteiger partial charge on any atom is -0.378 e. The summed E-state index contributed by atoms with van der Waals surface area (Å²) >= 11 is 4.59. The van der Waals surface area contributed by atoms with E-state index in [4.69, 9.17) is 11.1 Å². The molecule has 3 N–H and O–H groups in total. The van der Waals surface area contributed by atoms with Gasteiger partial charge in [-0.05, 0) is 28.1 Å². The molecule has 0 atom stereocenters. The van der Waals surface area contributed by atoms with Crippen molar-refractivity contribution >= 4 is 32.9 Å². The van der Waals surface area contributed by atoms with Gasteiger partial charge in [0.15, 0.2) is 5.17 Å². The third kappa shape index (κ3) is 2.55. The van der Waals surface area contributed by atoms with E-state index in [1.807, 2.05) is 24.3 Å². The predicted molar refractivity (Wildman–Crippen MR) is 51.9 cm³/mol. The third-order valence-electron chi connectivity index (χ3n) is 1.06. The van der Waals surface area contributed by atoms with Crippen LogP contribution in [0.1, 0.15) is 0 Å². The van der Waals surface area contributed by atoms with E-state index >= 15 is 0 Å². The molecule has 1 rings (SSSR count). The quantitative estimate of drug-likeness (QED) is 0.443. The van der Waals surface area contributed by atoms with E-state index in [1.165, 1.54) is 11.8 Å². The van der Waals surface area contributed by atoms with Crippen LogP contribution in [0.2, 0.25) is 0 Å². The lowest BCUT2D eigenvalue weighted by molar-refractivity contribution is 1.41. The molecule has 11 heavy (non-hydrogen) atoms. The van der Waals surface area contributed by atoms with Crippen LogP contribution in [0.5, 0.6) is 0 Å². The van der Waals surface area contributed by atoms with Crippen LogP contribution in [0.15, 0.2) is 33.6 Å². The fourth-order valence-corrected chi connectivity index (χ4v) is 1.72. The monoisotopic (exact) mass is 230 g/mol. The van der Waals surface area contributed by atoms with Crippen LogP contribution in [0, 0.1) is 5.41 Å². The Bertz CT molecular complexity index is 275. The molecule has 0 unspecified atom stereocenters. The van der Waals surface area contributed by atoms with Crippen LogP contribution in [0.4, 0.5) is 0 Å². The molecule has 0 heterocycles. The summed E-state index contributed by atoms with van der Waals surface area (Å²) in [6.07, 6.45) is 0. The van der Waals surface area contributed by atoms with Crippen molar-refractivity contribution in [2.24, 2.45) is 5.73 Å². The highest BCUT2D eigenvalue weighted by Gasteiger charge is 1.99. The van der Waals surface area contributed by atoms with E-state index < -0.39 is 0 Å². The molecule has 0 amide bonds. The summed E-state index contributed by atoms with van der Waals surface area (Å²) in [7, 11) is 0. The maximum Gasteiger partial charge on any atom is 0.155 e. The molecule has 0 spiro atoms. The van der Waals surface area contributed by atoms with E-state index in [0.29, 0.717) is 0 Å². The van der Waals surface area contributed by atoms with E-state index in [0.717, 1.165) is 9.37 Å². The van der Waals surface area contributed by atoms with Crippen molar-refractivity contribution < 1.29 is 0 Å². The Morgan fingerprint density at radius 2 is 2.09 bits per heavy atom. The Morgan fingerprint density at radius 3 is 2.64 bits per heavy atom. The van der Waals surface area contributed by atoms with Gasteiger partial charge < -0.3 is 5.73 Å². The highest BCUT2D eigenvalue weighted by atomic mass is 79.9. The van der Waals surface area contributed by atoms with E-state index in [1.54, 1.807) is 0 Å². The van der Waals surface area contributed by atoms with Gasteiger partial charge in [0.2, 0.25) is 0 Å². The average molecular weight is 231 g/mol. The lowest BCUT2D eigenvalue weighted by Crippen LogP contribution is -2.02. The average Bonchev–Trinajstić information content (AvgIpc) is 1.93. The van der Waals surface area contributed by atoms with Crippen LogP contribution in [-0.4, -0.2) is 5.17 Å². The summed E-state index contributed by atoms with van der Waals surface area (Å²) in [6, 6.07) is 7.67. The second-order valence-corrected chi connectivity index (χ2v) is 3.83. The van der Waals surface area contributed by atoms with Crippen LogP contribution >= 0.6 is 27.7 Å². The summed E-state index contributed by atoms with van der Waals surface area (Å²) < 4.78 is 0.972. The molecule has 0 aliphatic carbocycles. The molecule has 0 aliphatic rings. The van der Waals surface area contributed by atoms with Gasteiger partial charge in [-0.3, -0.25) is 5.41 Å². The first-order chi connectivity index (χ1) is 5.20. The number of rotatable bonds is 1. The van der Waals surface area contributed by atoms with Crippen LogP contribution < -0.4 is 5.73 Å². The molecule has 2 nitrogen and oxygen atoms in total. The normalized spacial score (nSPS) is 9.55. The number of hydrogen-bond donors (Lipinski definition) is 2. The largest absolute Gasteiger partial charge is 0.378 e. The highest BCUT2D eigenvalue weighted by molar-refractivity contribution is 9.10. The predicted octanol–water partition coefficient (Wildman–Crippen LogP) is 2.43. The zero-order valence-corrected chi connectivity index (χ0v) is 8.08. The molecule has 0 aromatic heterocycles. The maximum atomic E-state index is 7.05. The molecule has 0 fully saturated rings. The van der Waals surface area contributed by atoms with Crippen molar-refractivity contribution in [2.75, 3.05) is 0 Å². The van der Waals surface area contributed by atoms with Gasteiger partial charge in [-0.2, -0.15) is 0 Å². The Balaban J connectivity index is 2.86. The van der Waals surface area contributed by atoms with Crippen LogP contribution in [0.25, 0.3) is 0 Å². The van der Waals surface area contributed by atoms with Gasteiger partial charge in [0.1, 0.15) is 0 Å². The minimum absolute atomic E-state index is 0.108.